The Bertz CT molecular complexity index is 640. The maximum atomic E-state index is 8.85. The lowest BCUT2D eigenvalue weighted by Crippen LogP contribution is -1.97. The van der Waals surface area contributed by atoms with Crippen LogP contribution in [0.15, 0.2) is 42.5 Å². The number of nitrogens with zero attached hydrogens (tertiary/aromatic N) is 1. The molecule has 19 heavy (non-hydrogen) atoms. The van der Waals surface area contributed by atoms with Gasteiger partial charge in [0.2, 0.25) is 0 Å². The van der Waals surface area contributed by atoms with Crippen LogP contribution >= 0.6 is 0 Å². The second-order valence-corrected chi connectivity index (χ2v) is 4.88. The molecule has 1 aliphatic carbocycles. The Morgan fingerprint density at radius 1 is 1.05 bits per heavy atom. The van der Waals surface area contributed by atoms with Crippen LogP contribution in [0.1, 0.15) is 28.7 Å². The van der Waals surface area contributed by atoms with Crippen molar-refractivity contribution in [1.29, 1.82) is 5.26 Å². The van der Waals surface area contributed by atoms with Gasteiger partial charge in [0.15, 0.2) is 0 Å². The average molecular weight is 249 g/mol. The van der Waals surface area contributed by atoms with E-state index in [1.807, 2.05) is 12.1 Å². The summed E-state index contributed by atoms with van der Waals surface area (Å²) in [7, 11) is 0. The number of fused-ring (bicyclic) bond motifs is 1. The van der Waals surface area contributed by atoms with Gasteiger partial charge in [-0.25, -0.2) is 0 Å². The van der Waals surface area contributed by atoms with Gasteiger partial charge in [0.25, 0.3) is 0 Å². The smallest absolute Gasteiger partial charge is 0.121 e. The van der Waals surface area contributed by atoms with Crippen LogP contribution in [0.2, 0.25) is 0 Å². The molecule has 3 rings (SSSR count). The number of rotatable bonds is 3. The molecule has 0 saturated carbocycles. The summed E-state index contributed by atoms with van der Waals surface area (Å²) in [6.07, 6.45) is 3.66. The average Bonchev–Trinajstić information content (AvgIpc) is 2.93. The molecule has 0 saturated heterocycles. The molecule has 0 bridgehead atoms. The molecule has 0 N–H and O–H groups in total. The van der Waals surface area contributed by atoms with Crippen LogP contribution in [0, 0.1) is 11.3 Å². The molecule has 0 radical (unpaired) electrons. The first-order valence-electron chi connectivity index (χ1n) is 6.59. The highest BCUT2D eigenvalue weighted by molar-refractivity contribution is 5.37. The molecular formula is C17H15NO. The highest BCUT2D eigenvalue weighted by atomic mass is 16.5. The molecule has 2 aromatic carbocycles. The van der Waals surface area contributed by atoms with Crippen molar-refractivity contribution in [1.82, 2.24) is 0 Å². The zero-order valence-electron chi connectivity index (χ0n) is 10.7. The van der Waals surface area contributed by atoms with E-state index in [0.717, 1.165) is 5.75 Å². The molecule has 0 fully saturated rings. The van der Waals surface area contributed by atoms with E-state index in [-0.39, 0.29) is 0 Å². The predicted molar refractivity (Wildman–Crippen MR) is 74.0 cm³/mol. The highest BCUT2D eigenvalue weighted by Crippen LogP contribution is 2.23. The minimum Gasteiger partial charge on any atom is -0.489 e. The van der Waals surface area contributed by atoms with Gasteiger partial charge in [0.05, 0.1) is 11.6 Å². The van der Waals surface area contributed by atoms with Gasteiger partial charge in [0, 0.05) is 0 Å². The van der Waals surface area contributed by atoms with Gasteiger partial charge < -0.3 is 4.74 Å². The summed E-state index contributed by atoms with van der Waals surface area (Å²) >= 11 is 0. The maximum Gasteiger partial charge on any atom is 0.121 e. The van der Waals surface area contributed by atoms with Crippen molar-refractivity contribution in [2.45, 2.75) is 25.9 Å². The van der Waals surface area contributed by atoms with Crippen molar-refractivity contribution in [3.05, 3.63) is 64.7 Å². The van der Waals surface area contributed by atoms with Gasteiger partial charge in [0.1, 0.15) is 12.4 Å². The summed E-state index contributed by atoms with van der Waals surface area (Å²) < 4.78 is 5.74. The molecule has 94 valence electrons. The second kappa shape index (κ2) is 5.16. The van der Waals surface area contributed by atoms with Gasteiger partial charge in [-0.3, -0.25) is 0 Å². The van der Waals surface area contributed by atoms with Crippen molar-refractivity contribution >= 4 is 0 Å². The van der Waals surface area contributed by atoms with Crippen LogP contribution in [0.5, 0.6) is 5.75 Å². The van der Waals surface area contributed by atoms with Crippen molar-refractivity contribution in [2.24, 2.45) is 0 Å². The number of hydrogen-bond acceptors (Lipinski definition) is 2. The molecule has 0 spiro atoms. The summed E-state index contributed by atoms with van der Waals surface area (Å²) in [6, 6.07) is 16.0. The largest absolute Gasteiger partial charge is 0.489 e. The van der Waals surface area contributed by atoms with Gasteiger partial charge in [-0.2, -0.15) is 5.26 Å². The molecule has 1 aliphatic rings. The Morgan fingerprint density at radius 2 is 1.95 bits per heavy atom. The van der Waals surface area contributed by atoms with Crippen LogP contribution in [-0.2, 0) is 19.4 Å². The van der Waals surface area contributed by atoms with Crippen LogP contribution < -0.4 is 4.74 Å². The van der Waals surface area contributed by atoms with Crippen LogP contribution in [-0.4, -0.2) is 0 Å². The third-order valence-electron chi connectivity index (χ3n) is 3.53. The second-order valence-electron chi connectivity index (χ2n) is 4.88. The molecule has 0 heterocycles. The number of benzene rings is 2. The first kappa shape index (κ1) is 11.8. The Hall–Kier alpha value is -2.27. The topological polar surface area (TPSA) is 33.0 Å². The molecule has 2 aromatic rings. The van der Waals surface area contributed by atoms with E-state index in [2.05, 4.69) is 24.3 Å². The highest BCUT2D eigenvalue weighted by Gasteiger charge is 2.10. The van der Waals surface area contributed by atoms with Crippen molar-refractivity contribution < 1.29 is 4.74 Å². The van der Waals surface area contributed by atoms with E-state index >= 15 is 0 Å². The van der Waals surface area contributed by atoms with Gasteiger partial charge in [-0.15, -0.1) is 0 Å². The Balaban J connectivity index is 1.70. The van der Waals surface area contributed by atoms with E-state index in [1.165, 1.54) is 36.0 Å². The van der Waals surface area contributed by atoms with Crippen molar-refractivity contribution in [3.8, 4) is 11.8 Å². The van der Waals surface area contributed by atoms with E-state index in [0.29, 0.717) is 12.2 Å². The summed E-state index contributed by atoms with van der Waals surface area (Å²) in [4.78, 5) is 0. The van der Waals surface area contributed by atoms with Crippen molar-refractivity contribution in [2.75, 3.05) is 0 Å². The number of nitriles is 1. The SMILES string of the molecule is N#Cc1cccc(OCc2ccc3c(c2)CCC3)c1. The Kier molecular flexibility index (Phi) is 3.20. The maximum absolute atomic E-state index is 8.85. The summed E-state index contributed by atoms with van der Waals surface area (Å²) in [5.41, 5.74) is 4.77. The lowest BCUT2D eigenvalue weighted by molar-refractivity contribution is 0.306. The Morgan fingerprint density at radius 3 is 2.84 bits per heavy atom. The minimum absolute atomic E-state index is 0.558. The zero-order chi connectivity index (χ0) is 13.1. The Labute approximate surface area is 113 Å². The fraction of sp³-hybridized carbons (Fsp3) is 0.235. The molecule has 0 atom stereocenters. The van der Waals surface area contributed by atoms with Gasteiger partial charge in [-0.1, -0.05) is 24.3 Å². The van der Waals surface area contributed by atoms with Crippen LogP contribution in [0.4, 0.5) is 0 Å². The number of ether oxygens (including phenoxy) is 1. The molecule has 0 aliphatic heterocycles. The first-order chi connectivity index (χ1) is 9.35. The van der Waals surface area contributed by atoms with Gasteiger partial charge >= 0.3 is 0 Å². The van der Waals surface area contributed by atoms with E-state index < -0.39 is 0 Å². The first-order valence-corrected chi connectivity index (χ1v) is 6.59. The number of aryl methyl sites for hydroxylation is 2. The summed E-state index contributed by atoms with van der Waals surface area (Å²) in [5.74, 6) is 0.750. The van der Waals surface area contributed by atoms with E-state index in [9.17, 15) is 0 Å². The van der Waals surface area contributed by atoms with E-state index in [1.54, 1.807) is 12.1 Å². The fourth-order valence-electron chi connectivity index (χ4n) is 2.54. The predicted octanol–water partition coefficient (Wildman–Crippen LogP) is 3.63. The van der Waals surface area contributed by atoms with Gasteiger partial charge in [-0.05, 0) is 54.2 Å². The lowest BCUT2D eigenvalue weighted by atomic mass is 10.1. The zero-order valence-corrected chi connectivity index (χ0v) is 10.7. The van der Waals surface area contributed by atoms with E-state index in [4.69, 9.17) is 10.00 Å². The summed E-state index contributed by atoms with van der Waals surface area (Å²) in [5, 5.41) is 8.85. The fourth-order valence-corrected chi connectivity index (χ4v) is 2.54. The summed E-state index contributed by atoms with van der Waals surface area (Å²) in [6.45, 7) is 0.558. The molecule has 2 nitrogen and oxygen atoms in total. The molecule has 2 heteroatoms. The molecular weight excluding hydrogens is 234 g/mol. The van der Waals surface area contributed by atoms with Crippen LogP contribution in [0.3, 0.4) is 0 Å². The number of hydrogen-bond donors (Lipinski definition) is 0. The monoisotopic (exact) mass is 249 g/mol. The normalized spacial score (nSPS) is 12.8. The van der Waals surface area contributed by atoms with Crippen LogP contribution in [0.25, 0.3) is 0 Å². The third-order valence-corrected chi connectivity index (χ3v) is 3.53. The van der Waals surface area contributed by atoms with Crippen molar-refractivity contribution in [3.63, 3.8) is 0 Å². The lowest BCUT2D eigenvalue weighted by Gasteiger charge is -2.08. The minimum atomic E-state index is 0.558. The molecule has 0 aromatic heterocycles. The molecule has 0 unspecified atom stereocenters. The standard InChI is InChI=1S/C17H15NO/c18-11-13-3-1-6-17(10-13)19-12-14-7-8-15-4-2-5-16(15)9-14/h1,3,6-10H,2,4-5,12H2. The quantitative estimate of drug-likeness (QED) is 0.832. The third kappa shape index (κ3) is 2.61. The molecule has 0 amide bonds.